The summed E-state index contributed by atoms with van der Waals surface area (Å²) in [7, 11) is 6.14. The van der Waals surface area contributed by atoms with Crippen molar-refractivity contribution in [1.82, 2.24) is 4.90 Å². The molecule has 0 unspecified atom stereocenters. The minimum absolute atomic E-state index is 0.0489. The van der Waals surface area contributed by atoms with Crippen LogP contribution in [0.3, 0.4) is 0 Å². The number of ether oxygens (including phenoxy) is 4. The van der Waals surface area contributed by atoms with Gasteiger partial charge in [-0.05, 0) is 53.8 Å². The Bertz CT molecular complexity index is 1420. The second-order valence-electron chi connectivity index (χ2n) is 9.13. The Balaban J connectivity index is 1.37. The van der Waals surface area contributed by atoms with Crippen molar-refractivity contribution in [1.29, 1.82) is 0 Å². The van der Waals surface area contributed by atoms with Crippen molar-refractivity contribution in [3.63, 3.8) is 0 Å². The van der Waals surface area contributed by atoms with Crippen molar-refractivity contribution in [3.05, 3.63) is 80.9 Å². The number of benzene rings is 3. The molecule has 210 valence electrons. The predicted molar refractivity (Wildman–Crippen MR) is 149 cm³/mol. The fourth-order valence-electron chi connectivity index (χ4n) is 4.58. The average molecular weight is 550 g/mol. The normalized spacial score (nSPS) is 13.7. The summed E-state index contributed by atoms with van der Waals surface area (Å²) in [6.45, 7) is 2.77. The minimum atomic E-state index is -0.557. The summed E-state index contributed by atoms with van der Waals surface area (Å²) in [5.74, 6) is 1.99. The van der Waals surface area contributed by atoms with E-state index in [0.717, 1.165) is 44.0 Å². The van der Waals surface area contributed by atoms with Crippen molar-refractivity contribution in [2.75, 3.05) is 41.5 Å². The summed E-state index contributed by atoms with van der Waals surface area (Å²) < 4.78 is 21.3. The van der Waals surface area contributed by atoms with Crippen LogP contribution in [-0.4, -0.2) is 57.2 Å². The van der Waals surface area contributed by atoms with Crippen LogP contribution in [0.25, 0.3) is 0 Å². The highest BCUT2D eigenvalue weighted by atomic mass is 16.6. The van der Waals surface area contributed by atoms with Gasteiger partial charge >= 0.3 is 0 Å². The number of fused-ring (bicyclic) bond motifs is 1. The van der Waals surface area contributed by atoms with Gasteiger partial charge in [0.2, 0.25) is 5.84 Å². The lowest BCUT2D eigenvalue weighted by Crippen LogP contribution is -2.69. The van der Waals surface area contributed by atoms with Crippen LogP contribution in [0.4, 0.5) is 11.4 Å². The lowest BCUT2D eigenvalue weighted by atomic mass is 9.98. The van der Waals surface area contributed by atoms with Crippen molar-refractivity contribution >= 4 is 17.2 Å². The third-order valence-corrected chi connectivity index (χ3v) is 6.77. The monoisotopic (exact) mass is 549 g/mol. The molecule has 0 amide bonds. The zero-order chi connectivity index (χ0) is 28.6. The molecule has 1 aliphatic heterocycles. The maximum absolute atomic E-state index is 11.5. The van der Waals surface area contributed by atoms with Gasteiger partial charge in [-0.15, -0.1) is 0 Å². The van der Waals surface area contributed by atoms with E-state index in [4.69, 9.17) is 24.7 Å². The first-order chi connectivity index (χ1) is 19.4. The van der Waals surface area contributed by atoms with E-state index in [1.165, 1.54) is 43.0 Å². The molecule has 4 rings (SSSR count). The first kappa shape index (κ1) is 28.3. The second kappa shape index (κ2) is 12.9. The van der Waals surface area contributed by atoms with Crippen molar-refractivity contribution in [3.8, 4) is 23.0 Å². The molecule has 0 bridgehead atoms. The number of hydrogen-bond donors (Lipinski definition) is 2. The highest BCUT2D eigenvalue weighted by Gasteiger charge is 2.24. The van der Waals surface area contributed by atoms with Crippen LogP contribution in [0.1, 0.15) is 22.3 Å². The summed E-state index contributed by atoms with van der Waals surface area (Å²) in [6, 6.07) is 14.5. The second-order valence-corrected chi connectivity index (χ2v) is 9.13. The number of nitrogens with one attached hydrogen (secondary N) is 1. The molecule has 0 saturated heterocycles. The molecule has 0 saturated carbocycles. The largest absolute Gasteiger partial charge is 0.493 e. The molecule has 3 aromatic rings. The molecular formula is C28H33N6O6+. The molecule has 12 nitrogen and oxygen atoms in total. The van der Waals surface area contributed by atoms with Gasteiger partial charge < -0.3 is 24.7 Å². The maximum atomic E-state index is 11.5. The summed E-state index contributed by atoms with van der Waals surface area (Å²) in [4.78, 5) is 13.4. The van der Waals surface area contributed by atoms with Crippen LogP contribution in [0.2, 0.25) is 0 Å². The van der Waals surface area contributed by atoms with Crippen LogP contribution >= 0.6 is 0 Å². The standard InChI is InChI=1S/C28H32N6O6/c1-37-24-13-19-10-12-33(17-20(19)14-25(24)38-2)11-9-18-5-7-21(8-6-18)30-32-31-28(29)22-15-26(39-3)27(40-4)16-23(22)34(35)36/h5-8,13-16H,9-12,17H2,1-4H3,(H2,29,30,31)/p+1. The average Bonchev–Trinajstić information content (AvgIpc) is 2.98. The number of rotatable bonds is 11. The van der Waals surface area contributed by atoms with Gasteiger partial charge in [0.25, 0.3) is 5.69 Å². The molecule has 0 fully saturated rings. The Morgan fingerprint density at radius 1 is 0.950 bits per heavy atom. The highest BCUT2D eigenvalue weighted by Crippen LogP contribution is 2.34. The van der Waals surface area contributed by atoms with Gasteiger partial charge in [0.1, 0.15) is 5.56 Å². The number of nitrogens with zero attached hydrogens (tertiary/aromatic N) is 4. The third-order valence-electron chi connectivity index (χ3n) is 6.77. The number of hydrogen-bond acceptors (Lipinski definition) is 9. The summed E-state index contributed by atoms with van der Waals surface area (Å²) >= 11 is 0. The zero-order valence-electron chi connectivity index (χ0n) is 23.0. The summed E-state index contributed by atoms with van der Waals surface area (Å²) in [6.07, 6.45) is 1.86. The van der Waals surface area contributed by atoms with Crippen LogP contribution < -0.4 is 29.8 Å². The molecule has 40 heavy (non-hydrogen) atoms. The van der Waals surface area contributed by atoms with Gasteiger partial charge in [0.15, 0.2) is 28.7 Å². The molecule has 0 radical (unpaired) electrons. The van der Waals surface area contributed by atoms with E-state index in [9.17, 15) is 10.1 Å². The molecule has 12 heteroatoms. The Morgan fingerprint density at radius 3 is 2.17 bits per heavy atom. The van der Waals surface area contributed by atoms with E-state index in [1.54, 1.807) is 14.2 Å². The SMILES string of the molecule is COc1cc2c(cc1OC)CN(CCc1ccc(N=N[NH+]=C(N)c3cc(OC)c(OC)cc3[N+](=O)[O-])cc1)CC2. The molecule has 1 aliphatic rings. The molecule has 0 spiro atoms. The fourth-order valence-corrected chi connectivity index (χ4v) is 4.58. The fraction of sp³-hybridized carbons (Fsp3) is 0.321. The van der Waals surface area contributed by atoms with Gasteiger partial charge in [0.05, 0.1) is 44.7 Å². The maximum Gasteiger partial charge on any atom is 0.287 e. The minimum Gasteiger partial charge on any atom is -0.493 e. The molecule has 3 N–H and O–H groups in total. The van der Waals surface area contributed by atoms with Gasteiger partial charge in [0, 0.05) is 30.8 Å². The van der Waals surface area contributed by atoms with E-state index in [1.807, 2.05) is 24.3 Å². The first-order valence-electron chi connectivity index (χ1n) is 12.6. The molecule has 0 aromatic heterocycles. The lowest BCUT2D eigenvalue weighted by molar-refractivity contribution is -0.472. The molecule has 0 atom stereocenters. The van der Waals surface area contributed by atoms with Crippen LogP contribution in [0.15, 0.2) is 58.9 Å². The highest BCUT2D eigenvalue weighted by molar-refractivity contribution is 5.97. The van der Waals surface area contributed by atoms with E-state index >= 15 is 0 Å². The third kappa shape index (κ3) is 6.46. The molecule has 3 aromatic carbocycles. The van der Waals surface area contributed by atoms with E-state index in [0.29, 0.717) is 11.4 Å². The van der Waals surface area contributed by atoms with E-state index in [-0.39, 0.29) is 22.8 Å². The van der Waals surface area contributed by atoms with Crippen LogP contribution in [-0.2, 0) is 19.4 Å². The zero-order valence-corrected chi connectivity index (χ0v) is 23.0. The lowest BCUT2D eigenvalue weighted by Gasteiger charge is -2.29. The summed E-state index contributed by atoms with van der Waals surface area (Å²) in [5, 5.41) is 22.1. The Hall–Kier alpha value is -4.71. The number of nitrogen functional groups attached to an aromatic ring is 1. The van der Waals surface area contributed by atoms with Crippen molar-refractivity contribution < 1.29 is 29.0 Å². The number of nitrogens with two attached hydrogens (primary N) is 1. The Kier molecular flexibility index (Phi) is 9.12. The van der Waals surface area contributed by atoms with Crippen LogP contribution in [0, 0.1) is 10.1 Å². The van der Waals surface area contributed by atoms with Gasteiger partial charge in [-0.1, -0.05) is 12.1 Å². The number of amidine groups is 1. The topological polar surface area (TPSA) is 148 Å². The van der Waals surface area contributed by atoms with Crippen LogP contribution in [0.5, 0.6) is 23.0 Å². The van der Waals surface area contributed by atoms with Gasteiger partial charge in [-0.25, -0.2) is 0 Å². The van der Waals surface area contributed by atoms with Gasteiger partial charge in [-0.2, -0.15) is 5.10 Å². The van der Waals surface area contributed by atoms with E-state index < -0.39 is 4.92 Å². The summed E-state index contributed by atoms with van der Waals surface area (Å²) in [5.41, 5.74) is 10.3. The quantitative estimate of drug-likeness (QED) is 0.122. The predicted octanol–water partition coefficient (Wildman–Crippen LogP) is 2.71. The van der Waals surface area contributed by atoms with Gasteiger partial charge in [-0.3, -0.25) is 15.0 Å². The smallest absolute Gasteiger partial charge is 0.287 e. The molecular weight excluding hydrogens is 516 g/mol. The van der Waals surface area contributed by atoms with Crippen molar-refractivity contribution in [2.24, 2.45) is 16.1 Å². The number of nitro benzene ring substituents is 1. The number of methoxy groups -OCH3 is 4. The first-order valence-corrected chi connectivity index (χ1v) is 12.6. The Labute approximate surface area is 232 Å². The molecule has 0 aliphatic carbocycles. The Morgan fingerprint density at radius 2 is 1.55 bits per heavy atom. The molecule has 1 heterocycles. The van der Waals surface area contributed by atoms with E-state index in [2.05, 4.69) is 32.5 Å². The van der Waals surface area contributed by atoms with Crippen molar-refractivity contribution in [2.45, 2.75) is 19.4 Å². The number of nitro groups is 1.